The number of anilines is 2. The van der Waals surface area contributed by atoms with E-state index in [1.165, 1.54) is 0 Å². The highest BCUT2D eigenvalue weighted by Crippen LogP contribution is 2.41. The predicted octanol–water partition coefficient (Wildman–Crippen LogP) is 4.54. The molecule has 0 saturated heterocycles. The molecule has 4 aromatic rings. The van der Waals surface area contributed by atoms with Gasteiger partial charge in [0.05, 0.1) is 5.69 Å². The van der Waals surface area contributed by atoms with Crippen LogP contribution >= 0.6 is 0 Å². The molecule has 33 heavy (non-hydrogen) atoms. The van der Waals surface area contributed by atoms with Gasteiger partial charge in [0.15, 0.2) is 0 Å². The van der Waals surface area contributed by atoms with Crippen LogP contribution in [0.15, 0.2) is 91.0 Å². The van der Waals surface area contributed by atoms with Gasteiger partial charge in [-0.15, -0.1) is 0 Å². The Morgan fingerprint density at radius 1 is 0.848 bits per heavy atom. The lowest BCUT2D eigenvalue weighted by Crippen LogP contribution is -2.38. The molecule has 0 saturated carbocycles. The lowest BCUT2D eigenvalue weighted by Gasteiger charge is -2.37. The van der Waals surface area contributed by atoms with Gasteiger partial charge in [0, 0.05) is 0 Å². The van der Waals surface area contributed by atoms with Crippen LogP contribution in [0.4, 0.5) is 11.5 Å². The van der Waals surface area contributed by atoms with Gasteiger partial charge in [-0.05, 0) is 23.6 Å². The van der Waals surface area contributed by atoms with Gasteiger partial charge in [-0.3, -0.25) is 14.7 Å². The van der Waals surface area contributed by atoms with E-state index in [0.29, 0.717) is 17.2 Å². The van der Waals surface area contributed by atoms with Crippen LogP contribution in [0.2, 0.25) is 0 Å². The molecule has 1 aromatic heterocycles. The molecule has 3 aromatic carbocycles. The van der Waals surface area contributed by atoms with Gasteiger partial charge in [-0.25, -0.2) is 0 Å². The van der Waals surface area contributed by atoms with E-state index >= 15 is 0 Å². The molecule has 0 bridgehead atoms. The van der Waals surface area contributed by atoms with E-state index in [-0.39, 0.29) is 0 Å². The second kappa shape index (κ2) is 9.40. The van der Waals surface area contributed by atoms with Crippen LogP contribution in [0.5, 0.6) is 0 Å². The van der Waals surface area contributed by atoms with Crippen LogP contribution in [0, 0.1) is 6.92 Å². The Hall–Kier alpha value is -4.39. The van der Waals surface area contributed by atoms with Crippen molar-refractivity contribution in [2.75, 3.05) is 10.6 Å². The summed E-state index contributed by atoms with van der Waals surface area (Å²) in [5.41, 5.74) is 3.08. The summed E-state index contributed by atoms with van der Waals surface area (Å²) in [4.78, 5) is 23.2. The van der Waals surface area contributed by atoms with Gasteiger partial charge in [-0.2, -0.15) is 5.10 Å². The fraction of sp³-hybridized carbons (Fsp3) is 0.115. The van der Waals surface area contributed by atoms with Crippen molar-refractivity contribution in [3.05, 3.63) is 113 Å². The number of nitrogens with zero attached hydrogens (tertiary/aromatic N) is 1. The number of aliphatic carboxylic acids is 1. The Labute approximate surface area is 191 Å². The highest BCUT2D eigenvalue weighted by Gasteiger charge is 2.37. The number of benzene rings is 3. The summed E-state index contributed by atoms with van der Waals surface area (Å²) in [6.07, 6.45) is -0.634. The number of aromatic amines is 1. The van der Waals surface area contributed by atoms with Crippen molar-refractivity contribution in [3.63, 3.8) is 0 Å². The van der Waals surface area contributed by atoms with Crippen molar-refractivity contribution in [1.82, 2.24) is 10.2 Å². The molecule has 0 unspecified atom stereocenters. The van der Waals surface area contributed by atoms with Crippen molar-refractivity contribution in [3.8, 4) is 0 Å². The Kier molecular flexibility index (Phi) is 6.22. The zero-order chi connectivity index (χ0) is 23.3. The second-order valence-electron chi connectivity index (χ2n) is 7.65. The highest BCUT2D eigenvalue weighted by molar-refractivity contribution is 6.03. The number of amides is 1. The van der Waals surface area contributed by atoms with Gasteiger partial charge in [0.25, 0.3) is 0 Å². The van der Waals surface area contributed by atoms with Crippen LogP contribution < -0.4 is 10.6 Å². The molecule has 0 radical (unpaired) electrons. The molecule has 0 atom stereocenters. The minimum atomic E-state index is -1.20. The van der Waals surface area contributed by atoms with Gasteiger partial charge in [0.2, 0.25) is 5.91 Å². The van der Waals surface area contributed by atoms with Crippen LogP contribution in [0.25, 0.3) is 0 Å². The number of carbonyl (C=O) groups is 2. The quantitative estimate of drug-likeness (QED) is 0.238. The first-order chi connectivity index (χ1) is 16.0. The molecule has 4 N–H and O–H groups in total. The van der Waals surface area contributed by atoms with E-state index in [9.17, 15) is 9.59 Å². The van der Waals surface area contributed by atoms with E-state index in [0.717, 1.165) is 16.7 Å². The fourth-order valence-electron chi connectivity index (χ4n) is 3.97. The molecular weight excluding hydrogens is 416 g/mol. The molecule has 0 aliphatic heterocycles. The third kappa shape index (κ3) is 4.48. The Bertz CT molecular complexity index is 1140. The molecule has 0 spiro atoms. The number of rotatable bonds is 8. The summed E-state index contributed by atoms with van der Waals surface area (Å²) in [5.74, 6) is -1.35. The molecule has 1 heterocycles. The Balaban J connectivity index is 1.89. The van der Waals surface area contributed by atoms with Crippen LogP contribution in [-0.4, -0.2) is 27.2 Å². The fourth-order valence-corrected chi connectivity index (χ4v) is 3.97. The number of aromatic nitrogens is 2. The summed E-state index contributed by atoms with van der Waals surface area (Å²) in [7, 11) is 0. The molecule has 0 aliphatic carbocycles. The first-order valence-electron chi connectivity index (χ1n) is 10.5. The maximum atomic E-state index is 12.2. The highest BCUT2D eigenvalue weighted by atomic mass is 16.4. The van der Waals surface area contributed by atoms with E-state index < -0.39 is 23.8 Å². The summed E-state index contributed by atoms with van der Waals surface area (Å²) in [5, 5.41) is 22.5. The van der Waals surface area contributed by atoms with Gasteiger partial charge in [-0.1, -0.05) is 91.0 Å². The first kappa shape index (κ1) is 21.8. The molecule has 4 rings (SSSR count). The van der Waals surface area contributed by atoms with Crippen LogP contribution in [-0.2, 0) is 15.1 Å². The topological polar surface area (TPSA) is 107 Å². The minimum Gasteiger partial charge on any atom is -0.481 e. The van der Waals surface area contributed by atoms with Gasteiger partial charge in [0.1, 0.15) is 23.5 Å². The summed E-state index contributed by atoms with van der Waals surface area (Å²) in [6, 6.07) is 30.0. The smallest absolute Gasteiger partial charge is 0.312 e. The van der Waals surface area contributed by atoms with E-state index in [4.69, 9.17) is 5.11 Å². The number of aryl methyl sites for hydroxylation is 1. The maximum Gasteiger partial charge on any atom is 0.312 e. The number of hydrogen-bond donors (Lipinski definition) is 4. The molecule has 0 aliphatic rings. The average Bonchev–Trinajstić information content (AvgIpc) is 3.17. The molecular formula is C26H24N4O3. The van der Waals surface area contributed by atoms with Crippen molar-refractivity contribution in [1.29, 1.82) is 0 Å². The number of hydrogen-bond acceptors (Lipinski definition) is 4. The normalized spacial score (nSPS) is 11.1. The van der Waals surface area contributed by atoms with Crippen molar-refractivity contribution >= 4 is 23.4 Å². The van der Waals surface area contributed by atoms with E-state index in [1.807, 2.05) is 91.0 Å². The molecule has 1 amide bonds. The zero-order valence-electron chi connectivity index (χ0n) is 18.1. The third-order valence-corrected chi connectivity index (χ3v) is 5.46. The van der Waals surface area contributed by atoms with Crippen LogP contribution in [0.3, 0.4) is 0 Å². The van der Waals surface area contributed by atoms with E-state index in [1.54, 1.807) is 6.92 Å². The number of carboxylic acids is 1. The van der Waals surface area contributed by atoms with Crippen LogP contribution in [0.1, 0.15) is 28.8 Å². The molecule has 0 fully saturated rings. The maximum absolute atomic E-state index is 12.2. The minimum absolute atomic E-state index is 0.411. The zero-order valence-corrected chi connectivity index (χ0v) is 18.1. The Morgan fingerprint density at radius 2 is 1.30 bits per heavy atom. The largest absolute Gasteiger partial charge is 0.481 e. The second-order valence-corrected chi connectivity index (χ2v) is 7.65. The standard InChI is InChI=1S/C26H24N4O3/c1-18-24(27-22(31)17-23(32)33)25(30-29-18)28-26(19-11-5-2-6-12-19,20-13-7-3-8-14-20)21-15-9-4-10-16-21/h2-16H,17H2,1H3,(H,27,31)(H,32,33)(H2,28,29,30). The molecule has 166 valence electrons. The number of carbonyl (C=O) groups excluding carboxylic acids is 1. The lowest BCUT2D eigenvalue weighted by molar-refractivity contribution is -0.139. The van der Waals surface area contributed by atoms with Crippen molar-refractivity contribution in [2.24, 2.45) is 0 Å². The number of nitrogens with one attached hydrogen (secondary N) is 3. The Morgan fingerprint density at radius 3 is 1.73 bits per heavy atom. The molecule has 7 heteroatoms. The summed E-state index contributed by atoms with van der Waals surface area (Å²) < 4.78 is 0. The van der Waals surface area contributed by atoms with Gasteiger partial charge < -0.3 is 15.7 Å². The predicted molar refractivity (Wildman–Crippen MR) is 127 cm³/mol. The van der Waals surface area contributed by atoms with Crippen molar-refractivity contribution < 1.29 is 14.7 Å². The average molecular weight is 441 g/mol. The summed E-state index contributed by atoms with van der Waals surface area (Å²) >= 11 is 0. The first-order valence-corrected chi connectivity index (χ1v) is 10.5. The van der Waals surface area contributed by atoms with E-state index in [2.05, 4.69) is 20.8 Å². The SMILES string of the molecule is Cc1n[nH]c(NC(c2ccccc2)(c2ccccc2)c2ccccc2)c1NC(=O)CC(=O)O. The number of H-pyrrole nitrogens is 1. The monoisotopic (exact) mass is 440 g/mol. The summed E-state index contributed by atoms with van der Waals surface area (Å²) in [6.45, 7) is 1.74. The third-order valence-electron chi connectivity index (χ3n) is 5.46. The molecule has 7 nitrogen and oxygen atoms in total. The van der Waals surface area contributed by atoms with Gasteiger partial charge >= 0.3 is 5.97 Å². The number of carboxylic acid groups (broad SMARTS) is 1. The lowest BCUT2D eigenvalue weighted by atomic mass is 9.77. The van der Waals surface area contributed by atoms with Crippen molar-refractivity contribution in [2.45, 2.75) is 18.9 Å².